The van der Waals surface area contributed by atoms with E-state index in [1.807, 2.05) is 0 Å². The average Bonchev–Trinajstić information content (AvgIpc) is 2.41. The van der Waals surface area contributed by atoms with Gasteiger partial charge in [0.2, 0.25) is 0 Å². The van der Waals surface area contributed by atoms with Gasteiger partial charge in [-0.3, -0.25) is 0 Å². The molecule has 2 aromatic rings. The first-order chi connectivity index (χ1) is 6.48. The van der Waals surface area contributed by atoms with E-state index in [0.29, 0.717) is 11.1 Å². The molecule has 0 spiro atoms. The van der Waals surface area contributed by atoms with Crippen LogP contribution in [0.3, 0.4) is 0 Å². The number of fused-ring (bicyclic) bond motifs is 1. The van der Waals surface area contributed by atoms with Gasteiger partial charge in [-0.05, 0) is 19.9 Å². The van der Waals surface area contributed by atoms with Crippen LogP contribution in [-0.2, 0) is 5.60 Å². The fourth-order valence-corrected chi connectivity index (χ4v) is 2.07. The third-order valence-corrected chi connectivity index (χ3v) is 2.81. The summed E-state index contributed by atoms with van der Waals surface area (Å²) in [6, 6.07) is 5.37. The third kappa shape index (κ3) is 1.47. The maximum atomic E-state index is 11.0. The molecule has 1 heterocycles. The van der Waals surface area contributed by atoms with Crippen LogP contribution in [0.4, 0.5) is 0 Å². The van der Waals surface area contributed by atoms with E-state index in [1.54, 1.807) is 32.0 Å². The molecule has 14 heavy (non-hydrogen) atoms. The summed E-state index contributed by atoms with van der Waals surface area (Å²) in [6.07, 6.45) is 0. The molecule has 0 bridgehead atoms. The minimum absolute atomic E-state index is 0.336. The number of para-hydroxylation sites is 1. The Morgan fingerprint density at radius 2 is 2.14 bits per heavy atom. The summed E-state index contributed by atoms with van der Waals surface area (Å²) < 4.78 is 5.80. The van der Waals surface area contributed by atoms with Gasteiger partial charge in [-0.25, -0.2) is 4.79 Å². The Bertz CT molecular complexity index is 516. The molecule has 0 saturated heterocycles. The highest BCUT2D eigenvalue weighted by atomic mass is 32.1. The van der Waals surface area contributed by atoms with Gasteiger partial charge in [-0.1, -0.05) is 23.5 Å². The van der Waals surface area contributed by atoms with E-state index in [4.69, 9.17) is 4.42 Å². The number of aliphatic hydroxyl groups is 1. The molecule has 0 amide bonds. The zero-order valence-electron chi connectivity index (χ0n) is 7.90. The Kier molecular flexibility index (Phi) is 1.97. The molecule has 0 aliphatic rings. The summed E-state index contributed by atoms with van der Waals surface area (Å²) in [7, 11) is 0. The Labute approximate surface area is 84.6 Å². The maximum absolute atomic E-state index is 11.0. The fraction of sp³-hybridized carbons (Fsp3) is 0.300. The molecule has 1 aromatic carbocycles. The van der Waals surface area contributed by atoms with Crippen LogP contribution in [0.25, 0.3) is 10.3 Å². The van der Waals surface area contributed by atoms with Gasteiger partial charge in [0.25, 0.3) is 0 Å². The van der Waals surface area contributed by atoms with Gasteiger partial charge in [0, 0.05) is 5.56 Å². The average molecular weight is 210 g/mol. The molecule has 0 saturated carbocycles. The van der Waals surface area contributed by atoms with Crippen LogP contribution < -0.4 is 4.94 Å². The van der Waals surface area contributed by atoms with Crippen LogP contribution in [0.15, 0.2) is 27.4 Å². The van der Waals surface area contributed by atoms with Gasteiger partial charge >= 0.3 is 4.94 Å². The highest BCUT2D eigenvalue weighted by Gasteiger charge is 2.21. The number of hydrogen-bond acceptors (Lipinski definition) is 4. The van der Waals surface area contributed by atoms with Crippen molar-refractivity contribution in [2.75, 3.05) is 0 Å². The Morgan fingerprint density at radius 3 is 2.79 bits per heavy atom. The number of rotatable bonds is 1. The summed E-state index contributed by atoms with van der Waals surface area (Å²) in [5.41, 5.74) is 0.152. The lowest BCUT2D eigenvalue weighted by Gasteiger charge is -2.17. The summed E-state index contributed by atoms with van der Waals surface area (Å²) in [4.78, 5) is 10.7. The van der Waals surface area contributed by atoms with Gasteiger partial charge < -0.3 is 9.52 Å². The van der Waals surface area contributed by atoms with Gasteiger partial charge in [-0.15, -0.1) is 0 Å². The zero-order valence-corrected chi connectivity index (χ0v) is 8.72. The molecule has 2 rings (SSSR count). The van der Waals surface area contributed by atoms with Gasteiger partial charge in [-0.2, -0.15) is 0 Å². The topological polar surface area (TPSA) is 50.4 Å². The molecule has 0 radical (unpaired) electrons. The summed E-state index contributed by atoms with van der Waals surface area (Å²) in [5.74, 6) is 0. The molecule has 1 aromatic heterocycles. The molecule has 4 heteroatoms. The smallest absolute Gasteiger partial charge is 0.396 e. The fourth-order valence-electron chi connectivity index (χ4n) is 1.38. The first kappa shape index (κ1) is 9.43. The SMILES string of the molecule is CC(C)(O)c1cccc2sc(=O)oc12. The van der Waals surface area contributed by atoms with Crippen LogP contribution in [0.2, 0.25) is 0 Å². The zero-order chi connectivity index (χ0) is 10.3. The van der Waals surface area contributed by atoms with Crippen molar-refractivity contribution in [3.05, 3.63) is 33.5 Å². The molecule has 0 aliphatic carbocycles. The van der Waals surface area contributed by atoms with Gasteiger partial charge in [0.05, 0.1) is 10.3 Å². The van der Waals surface area contributed by atoms with Crippen molar-refractivity contribution in [1.29, 1.82) is 0 Å². The highest BCUT2D eigenvalue weighted by molar-refractivity contribution is 7.16. The van der Waals surface area contributed by atoms with Crippen molar-refractivity contribution in [1.82, 2.24) is 0 Å². The third-order valence-electron chi connectivity index (χ3n) is 2.02. The largest absolute Gasteiger partial charge is 0.414 e. The van der Waals surface area contributed by atoms with Crippen LogP contribution in [0.5, 0.6) is 0 Å². The Balaban J connectivity index is 2.83. The molecular formula is C10H10O3S. The molecule has 0 aliphatic heterocycles. The molecule has 1 N–H and O–H groups in total. The van der Waals surface area contributed by atoms with Crippen LogP contribution in [0, 0.1) is 0 Å². The van der Waals surface area contributed by atoms with Crippen molar-refractivity contribution in [3.8, 4) is 0 Å². The minimum atomic E-state index is -0.990. The lowest BCUT2D eigenvalue weighted by Crippen LogP contribution is -2.15. The molecule has 0 unspecified atom stereocenters. The second-order valence-electron chi connectivity index (χ2n) is 3.65. The lowest BCUT2D eigenvalue weighted by molar-refractivity contribution is 0.0791. The Hall–Kier alpha value is -1.13. The van der Waals surface area contributed by atoms with Crippen LogP contribution >= 0.6 is 11.3 Å². The predicted octanol–water partition coefficient (Wildman–Crippen LogP) is 2.08. The first-order valence-corrected chi connectivity index (χ1v) is 5.05. The second-order valence-corrected chi connectivity index (χ2v) is 4.62. The molecular weight excluding hydrogens is 200 g/mol. The first-order valence-electron chi connectivity index (χ1n) is 4.24. The standard InChI is InChI=1S/C10H10O3S/c1-10(2,12)6-4-3-5-7-8(6)13-9(11)14-7/h3-5,12H,1-2H3. The van der Waals surface area contributed by atoms with Crippen molar-refractivity contribution in [3.63, 3.8) is 0 Å². The summed E-state index contributed by atoms with van der Waals surface area (Å²) in [5, 5.41) is 9.84. The minimum Gasteiger partial charge on any atom is -0.414 e. The van der Waals surface area contributed by atoms with Gasteiger partial charge in [0.15, 0.2) is 5.58 Å². The molecule has 0 fully saturated rings. The van der Waals surface area contributed by atoms with Crippen molar-refractivity contribution < 1.29 is 9.52 Å². The quantitative estimate of drug-likeness (QED) is 0.784. The number of benzene rings is 1. The summed E-state index contributed by atoms with van der Waals surface area (Å²) >= 11 is 1.05. The maximum Gasteiger partial charge on any atom is 0.396 e. The lowest BCUT2D eigenvalue weighted by atomic mass is 9.98. The van der Waals surface area contributed by atoms with Crippen LogP contribution in [-0.4, -0.2) is 5.11 Å². The van der Waals surface area contributed by atoms with Crippen molar-refractivity contribution in [2.24, 2.45) is 0 Å². The van der Waals surface area contributed by atoms with E-state index in [-0.39, 0.29) is 4.94 Å². The van der Waals surface area contributed by atoms with Gasteiger partial charge in [0.1, 0.15) is 0 Å². The normalized spacial score (nSPS) is 12.2. The van der Waals surface area contributed by atoms with Crippen molar-refractivity contribution >= 4 is 21.6 Å². The van der Waals surface area contributed by atoms with E-state index >= 15 is 0 Å². The van der Waals surface area contributed by atoms with E-state index in [2.05, 4.69) is 0 Å². The Morgan fingerprint density at radius 1 is 1.43 bits per heavy atom. The van der Waals surface area contributed by atoms with E-state index in [1.165, 1.54) is 0 Å². The molecule has 0 atom stereocenters. The van der Waals surface area contributed by atoms with E-state index < -0.39 is 5.60 Å². The molecule has 3 nitrogen and oxygen atoms in total. The monoisotopic (exact) mass is 210 g/mol. The molecule has 74 valence electrons. The number of hydrogen-bond donors (Lipinski definition) is 1. The summed E-state index contributed by atoms with van der Waals surface area (Å²) in [6.45, 7) is 3.33. The van der Waals surface area contributed by atoms with Crippen molar-refractivity contribution in [2.45, 2.75) is 19.4 Å². The van der Waals surface area contributed by atoms with Crippen LogP contribution in [0.1, 0.15) is 19.4 Å². The second kappa shape index (κ2) is 2.93. The van der Waals surface area contributed by atoms with E-state index in [9.17, 15) is 9.90 Å². The predicted molar refractivity (Wildman–Crippen MR) is 55.6 cm³/mol. The van der Waals surface area contributed by atoms with E-state index in [0.717, 1.165) is 16.0 Å². The highest BCUT2D eigenvalue weighted by Crippen LogP contribution is 2.29.